The van der Waals surface area contributed by atoms with Crippen molar-refractivity contribution in [2.75, 3.05) is 0 Å². The first kappa shape index (κ1) is 10.9. The van der Waals surface area contributed by atoms with E-state index in [2.05, 4.69) is 21.1 Å². The maximum atomic E-state index is 2.88. The molecule has 0 N–H and O–H groups in total. The van der Waals surface area contributed by atoms with Crippen molar-refractivity contribution in [3.05, 3.63) is 0 Å². The topological polar surface area (TPSA) is 0 Å². The smallest absolute Gasteiger partial charge is 0.0630 e. The summed E-state index contributed by atoms with van der Waals surface area (Å²) < 4.78 is 0. The zero-order valence-corrected chi connectivity index (χ0v) is 11.4. The third kappa shape index (κ3) is 1.80. The monoisotopic (exact) mass is 229 g/mol. The maximum absolute atomic E-state index is 2.88. The summed E-state index contributed by atoms with van der Waals surface area (Å²) in [7, 11) is 2.88. The summed E-state index contributed by atoms with van der Waals surface area (Å²) in [5.41, 5.74) is 0. The molecule has 0 saturated heterocycles. The highest BCUT2D eigenvalue weighted by atomic mass is 14.5. The molecule has 1 radical (unpaired) electrons. The molecule has 0 spiro atoms. The lowest BCUT2D eigenvalue weighted by Gasteiger charge is -2.35. The van der Waals surface area contributed by atoms with Crippen LogP contribution in [0.3, 0.4) is 0 Å². The van der Waals surface area contributed by atoms with Crippen molar-refractivity contribution < 1.29 is 0 Å². The van der Waals surface area contributed by atoms with E-state index in [0.29, 0.717) is 0 Å². The molecule has 1 heteroatoms. The van der Waals surface area contributed by atoms with Crippen molar-refractivity contribution in [3.8, 4) is 0 Å². The lowest BCUT2D eigenvalue weighted by atomic mass is 9.43. The molecule has 4 rings (SSSR count). The van der Waals surface area contributed by atoms with Crippen LogP contribution in [0.25, 0.3) is 0 Å². The van der Waals surface area contributed by atoms with Gasteiger partial charge in [-0.3, -0.25) is 0 Å². The summed E-state index contributed by atoms with van der Waals surface area (Å²) in [6.45, 7) is 5.04. The Kier molecular flexibility index (Phi) is 2.43. The quantitative estimate of drug-likeness (QED) is 0.615. The van der Waals surface area contributed by atoms with Gasteiger partial charge in [0, 0.05) is 0 Å². The number of hydrogen-bond acceptors (Lipinski definition) is 0. The summed E-state index contributed by atoms with van der Waals surface area (Å²) >= 11 is 0. The van der Waals surface area contributed by atoms with Crippen LogP contribution in [0.15, 0.2) is 0 Å². The van der Waals surface area contributed by atoms with Crippen LogP contribution in [0, 0.1) is 35.5 Å². The van der Waals surface area contributed by atoms with Gasteiger partial charge in [0.1, 0.15) is 7.28 Å². The Labute approximate surface area is 107 Å². The Morgan fingerprint density at radius 1 is 0.706 bits per heavy atom. The molecule has 17 heavy (non-hydrogen) atoms. The highest BCUT2D eigenvalue weighted by molar-refractivity contribution is 6.40. The van der Waals surface area contributed by atoms with E-state index in [9.17, 15) is 0 Å². The molecule has 4 saturated carbocycles. The molecular formula is C16H26B. The van der Waals surface area contributed by atoms with Gasteiger partial charge in [0.05, 0.1) is 0 Å². The number of rotatable bonds is 2. The Morgan fingerprint density at radius 2 is 1.18 bits per heavy atom. The van der Waals surface area contributed by atoms with Crippen LogP contribution in [0.2, 0.25) is 11.6 Å². The van der Waals surface area contributed by atoms with E-state index < -0.39 is 0 Å². The number of hydrogen-bond donors (Lipinski definition) is 0. The lowest BCUT2D eigenvalue weighted by Crippen LogP contribution is -2.28. The molecule has 0 nitrogen and oxygen atoms in total. The normalized spacial score (nSPS) is 60.1. The molecule has 0 aromatic heterocycles. The average molecular weight is 229 g/mol. The summed E-state index contributed by atoms with van der Waals surface area (Å²) in [6, 6.07) is 0. The van der Waals surface area contributed by atoms with E-state index in [1.807, 2.05) is 0 Å². The van der Waals surface area contributed by atoms with Gasteiger partial charge in [0.2, 0.25) is 0 Å². The Bertz CT molecular complexity index is 279. The predicted molar refractivity (Wildman–Crippen MR) is 73.2 cm³/mol. The second kappa shape index (κ2) is 3.78. The van der Waals surface area contributed by atoms with E-state index in [0.717, 1.165) is 47.1 Å². The third-order valence-corrected chi connectivity index (χ3v) is 6.69. The standard InChI is InChI=1S/C16H26B/c1-9-3-5-11-7-13(11)15(9)17-16-10(2)4-6-12-8-14(12)16/h9-16H,3-8H2,1-2H3/t9-,10-,11-,12-,13+,14+,15+,16+/m0/s1. The minimum atomic E-state index is 0.991. The fourth-order valence-electron chi connectivity index (χ4n) is 5.25. The summed E-state index contributed by atoms with van der Waals surface area (Å²) in [4.78, 5) is 0. The molecule has 0 unspecified atom stereocenters. The largest absolute Gasteiger partial charge is 0.119 e. The molecule has 4 fully saturated rings. The molecule has 0 bridgehead atoms. The van der Waals surface area contributed by atoms with Crippen molar-refractivity contribution in [1.29, 1.82) is 0 Å². The Hall–Kier alpha value is 0.0649. The molecule has 0 amide bonds. The van der Waals surface area contributed by atoms with Crippen LogP contribution in [-0.4, -0.2) is 7.28 Å². The molecule has 0 aromatic carbocycles. The second-order valence-corrected chi connectivity index (χ2v) is 7.78. The molecule has 0 heterocycles. The zero-order valence-electron chi connectivity index (χ0n) is 11.4. The van der Waals surface area contributed by atoms with Crippen LogP contribution < -0.4 is 0 Å². The minimum absolute atomic E-state index is 0.991. The summed E-state index contributed by atoms with van der Waals surface area (Å²) in [5, 5.41) is 0. The predicted octanol–water partition coefficient (Wildman–Crippen LogP) is 4.40. The molecule has 0 aliphatic heterocycles. The first-order valence-corrected chi connectivity index (χ1v) is 8.09. The van der Waals surface area contributed by atoms with Crippen molar-refractivity contribution >= 4 is 7.28 Å². The average Bonchev–Trinajstić information content (AvgIpc) is 3.17. The lowest BCUT2D eigenvalue weighted by molar-refractivity contribution is 0.336. The Balaban J connectivity index is 1.45. The highest BCUT2D eigenvalue weighted by Crippen LogP contribution is 2.62. The highest BCUT2D eigenvalue weighted by Gasteiger charge is 2.53. The zero-order chi connectivity index (χ0) is 11.6. The maximum Gasteiger partial charge on any atom is 0.119 e. The van der Waals surface area contributed by atoms with Crippen molar-refractivity contribution in [2.24, 2.45) is 35.5 Å². The van der Waals surface area contributed by atoms with Gasteiger partial charge in [-0.05, 0) is 61.2 Å². The van der Waals surface area contributed by atoms with Crippen LogP contribution in [0.4, 0.5) is 0 Å². The minimum Gasteiger partial charge on any atom is -0.0630 e. The SMILES string of the molecule is C[C@H]1CC[C@H]2C[C@H]2[C@@H]1[B][C@H]1[C@@H]2C[C@@H]2CC[C@@H]1C. The van der Waals surface area contributed by atoms with Crippen molar-refractivity contribution in [3.63, 3.8) is 0 Å². The van der Waals surface area contributed by atoms with Gasteiger partial charge in [0.25, 0.3) is 0 Å². The molecule has 4 aliphatic rings. The van der Waals surface area contributed by atoms with Gasteiger partial charge >= 0.3 is 0 Å². The van der Waals surface area contributed by atoms with E-state index in [4.69, 9.17) is 0 Å². The fourth-order valence-corrected chi connectivity index (χ4v) is 5.25. The van der Waals surface area contributed by atoms with Gasteiger partial charge in [-0.1, -0.05) is 38.3 Å². The fraction of sp³-hybridized carbons (Fsp3) is 1.00. The van der Waals surface area contributed by atoms with Gasteiger partial charge in [-0.25, -0.2) is 0 Å². The van der Waals surface area contributed by atoms with Crippen LogP contribution in [0.1, 0.15) is 52.4 Å². The number of fused-ring (bicyclic) bond motifs is 2. The van der Waals surface area contributed by atoms with E-state index in [1.165, 1.54) is 12.8 Å². The molecular weight excluding hydrogens is 203 g/mol. The van der Waals surface area contributed by atoms with Crippen molar-refractivity contribution in [1.82, 2.24) is 0 Å². The third-order valence-electron chi connectivity index (χ3n) is 6.69. The Morgan fingerprint density at radius 3 is 1.65 bits per heavy atom. The van der Waals surface area contributed by atoms with E-state index >= 15 is 0 Å². The van der Waals surface area contributed by atoms with Crippen LogP contribution >= 0.6 is 0 Å². The van der Waals surface area contributed by atoms with Gasteiger partial charge in [-0.2, -0.15) is 0 Å². The van der Waals surface area contributed by atoms with E-state index in [1.54, 1.807) is 25.7 Å². The van der Waals surface area contributed by atoms with Crippen molar-refractivity contribution in [2.45, 2.75) is 64.0 Å². The molecule has 4 aliphatic carbocycles. The first-order chi connectivity index (χ1) is 8.24. The van der Waals surface area contributed by atoms with Gasteiger partial charge in [0.15, 0.2) is 0 Å². The molecule has 8 atom stereocenters. The summed E-state index contributed by atoms with van der Waals surface area (Å²) in [5.74, 6) is 8.49. The van der Waals surface area contributed by atoms with Crippen LogP contribution in [-0.2, 0) is 0 Å². The second-order valence-electron chi connectivity index (χ2n) is 7.78. The molecule has 93 valence electrons. The van der Waals surface area contributed by atoms with Crippen LogP contribution in [0.5, 0.6) is 0 Å². The van der Waals surface area contributed by atoms with Gasteiger partial charge in [-0.15, -0.1) is 0 Å². The first-order valence-electron chi connectivity index (χ1n) is 8.09. The molecule has 0 aromatic rings. The van der Waals surface area contributed by atoms with E-state index in [-0.39, 0.29) is 0 Å². The summed E-state index contributed by atoms with van der Waals surface area (Å²) in [6.07, 6.45) is 9.25. The van der Waals surface area contributed by atoms with Gasteiger partial charge < -0.3 is 0 Å².